The first kappa shape index (κ1) is 18.2. The number of ether oxygens (including phenoxy) is 1. The zero-order chi connectivity index (χ0) is 18.2. The highest BCUT2D eigenvalue weighted by atomic mass is 35.5. The molecule has 1 aromatic heterocycles. The van der Waals surface area contributed by atoms with Crippen LogP contribution in [0.3, 0.4) is 0 Å². The average Bonchev–Trinajstić information content (AvgIpc) is 3.05. The van der Waals surface area contributed by atoms with Crippen molar-refractivity contribution in [1.29, 1.82) is 0 Å². The molecule has 2 aromatic rings. The number of sulfonamides is 1. The van der Waals surface area contributed by atoms with E-state index in [9.17, 15) is 12.8 Å². The SMILES string of the molecule is CC(C)c1nnc([C@H]2CN(S(=O)(=O)c3c(F)cccc3Cl)CCO2)o1. The molecule has 7 nitrogen and oxygen atoms in total. The summed E-state index contributed by atoms with van der Waals surface area (Å²) >= 11 is 5.91. The highest BCUT2D eigenvalue weighted by molar-refractivity contribution is 7.89. The topological polar surface area (TPSA) is 85.5 Å². The molecule has 1 aromatic carbocycles. The van der Waals surface area contributed by atoms with Crippen molar-refractivity contribution < 1.29 is 22.0 Å². The van der Waals surface area contributed by atoms with Gasteiger partial charge in [0.15, 0.2) is 0 Å². The van der Waals surface area contributed by atoms with E-state index in [-0.39, 0.29) is 36.5 Å². The summed E-state index contributed by atoms with van der Waals surface area (Å²) in [5.41, 5.74) is 0. The fourth-order valence-corrected chi connectivity index (χ4v) is 4.45. The normalized spacial score (nSPS) is 19.5. The van der Waals surface area contributed by atoms with Crippen LogP contribution in [0.4, 0.5) is 4.39 Å². The lowest BCUT2D eigenvalue weighted by Crippen LogP contribution is -2.42. The molecular weight excluding hydrogens is 373 g/mol. The molecule has 0 aliphatic carbocycles. The maximum absolute atomic E-state index is 14.1. The molecule has 136 valence electrons. The number of hydrogen-bond donors (Lipinski definition) is 0. The van der Waals surface area contributed by atoms with Crippen LogP contribution in [0.1, 0.15) is 37.7 Å². The van der Waals surface area contributed by atoms with E-state index < -0.39 is 26.8 Å². The lowest BCUT2D eigenvalue weighted by Gasteiger charge is -2.30. The summed E-state index contributed by atoms with van der Waals surface area (Å²) in [5.74, 6) is -0.212. The first-order valence-electron chi connectivity index (χ1n) is 7.69. The molecule has 0 unspecified atom stereocenters. The maximum atomic E-state index is 14.1. The van der Waals surface area contributed by atoms with Crippen molar-refractivity contribution in [3.05, 3.63) is 40.8 Å². The number of morpholine rings is 1. The monoisotopic (exact) mass is 389 g/mol. The third-order valence-electron chi connectivity index (χ3n) is 3.77. The standard InChI is InChI=1S/C15H17ClFN3O4S/c1-9(2)14-18-19-15(24-14)12-8-20(6-7-23-12)25(21,22)13-10(16)4-3-5-11(13)17/h3-5,9,12H,6-8H2,1-2H3/t12-/m1/s1. The summed E-state index contributed by atoms with van der Waals surface area (Å²) in [6.45, 7) is 3.93. The molecule has 0 N–H and O–H groups in total. The molecular formula is C15H17ClFN3O4S. The molecule has 2 heterocycles. The van der Waals surface area contributed by atoms with E-state index in [1.165, 1.54) is 12.1 Å². The van der Waals surface area contributed by atoms with E-state index in [2.05, 4.69) is 10.2 Å². The second-order valence-electron chi connectivity index (χ2n) is 5.91. The molecule has 1 aliphatic heterocycles. The van der Waals surface area contributed by atoms with Gasteiger partial charge < -0.3 is 9.15 Å². The Labute approximate surface area is 149 Å². The summed E-state index contributed by atoms with van der Waals surface area (Å²) < 4.78 is 51.8. The average molecular weight is 390 g/mol. The largest absolute Gasteiger partial charge is 0.422 e. The van der Waals surface area contributed by atoms with Gasteiger partial charge in [-0.15, -0.1) is 10.2 Å². The molecule has 0 spiro atoms. The van der Waals surface area contributed by atoms with Crippen molar-refractivity contribution in [2.24, 2.45) is 0 Å². The minimum atomic E-state index is -4.12. The molecule has 1 fully saturated rings. The van der Waals surface area contributed by atoms with Gasteiger partial charge in [-0.2, -0.15) is 4.31 Å². The van der Waals surface area contributed by atoms with Crippen LogP contribution in [0.15, 0.2) is 27.5 Å². The Bertz CT molecular complexity index is 851. The summed E-state index contributed by atoms with van der Waals surface area (Å²) in [4.78, 5) is -0.536. The van der Waals surface area contributed by atoms with Gasteiger partial charge >= 0.3 is 0 Å². The van der Waals surface area contributed by atoms with Crippen molar-refractivity contribution in [2.45, 2.75) is 30.8 Å². The first-order valence-corrected chi connectivity index (χ1v) is 9.51. The van der Waals surface area contributed by atoms with Gasteiger partial charge in [0.1, 0.15) is 16.8 Å². The van der Waals surface area contributed by atoms with E-state index in [0.717, 1.165) is 10.4 Å². The fourth-order valence-electron chi connectivity index (χ4n) is 2.46. The molecule has 10 heteroatoms. The van der Waals surface area contributed by atoms with Crippen LogP contribution >= 0.6 is 11.6 Å². The predicted molar refractivity (Wildman–Crippen MR) is 87.2 cm³/mol. The third-order valence-corrected chi connectivity index (χ3v) is 6.14. The van der Waals surface area contributed by atoms with Crippen molar-refractivity contribution in [1.82, 2.24) is 14.5 Å². The molecule has 0 radical (unpaired) electrons. The number of halogens is 2. The molecule has 25 heavy (non-hydrogen) atoms. The van der Waals surface area contributed by atoms with Crippen LogP contribution in [-0.4, -0.2) is 42.6 Å². The summed E-state index contributed by atoms with van der Waals surface area (Å²) in [7, 11) is -4.12. The van der Waals surface area contributed by atoms with Crippen molar-refractivity contribution in [3.8, 4) is 0 Å². The van der Waals surface area contributed by atoms with Crippen LogP contribution < -0.4 is 0 Å². The van der Waals surface area contributed by atoms with Gasteiger partial charge in [-0.05, 0) is 12.1 Å². The lowest BCUT2D eigenvalue weighted by molar-refractivity contribution is -0.0179. The Kier molecular flexibility index (Phi) is 5.10. The Morgan fingerprint density at radius 3 is 2.76 bits per heavy atom. The van der Waals surface area contributed by atoms with Gasteiger partial charge in [0.05, 0.1) is 11.6 Å². The Morgan fingerprint density at radius 2 is 2.12 bits per heavy atom. The maximum Gasteiger partial charge on any atom is 0.247 e. The number of benzene rings is 1. The molecule has 0 saturated carbocycles. The van der Waals surface area contributed by atoms with Gasteiger partial charge in [-0.25, -0.2) is 12.8 Å². The first-order chi connectivity index (χ1) is 11.8. The van der Waals surface area contributed by atoms with Crippen LogP contribution in [-0.2, 0) is 14.8 Å². The second kappa shape index (κ2) is 6.99. The van der Waals surface area contributed by atoms with Crippen molar-refractivity contribution in [3.63, 3.8) is 0 Å². The van der Waals surface area contributed by atoms with Gasteiger partial charge in [0, 0.05) is 19.0 Å². The highest BCUT2D eigenvalue weighted by Gasteiger charge is 2.36. The number of nitrogens with zero attached hydrogens (tertiary/aromatic N) is 3. The third kappa shape index (κ3) is 3.55. The number of hydrogen-bond acceptors (Lipinski definition) is 6. The summed E-state index contributed by atoms with van der Waals surface area (Å²) in [6.07, 6.45) is -0.714. The summed E-state index contributed by atoms with van der Waals surface area (Å²) in [5, 5.41) is 7.68. The van der Waals surface area contributed by atoms with Crippen LogP contribution in [0, 0.1) is 5.82 Å². The summed E-state index contributed by atoms with van der Waals surface area (Å²) in [6, 6.07) is 3.75. The molecule has 1 saturated heterocycles. The molecule has 3 rings (SSSR count). The number of aromatic nitrogens is 2. The van der Waals surface area contributed by atoms with Crippen molar-refractivity contribution >= 4 is 21.6 Å². The Hall–Kier alpha value is -1.55. The molecule has 1 aliphatic rings. The minimum absolute atomic E-state index is 0.0434. The quantitative estimate of drug-likeness (QED) is 0.799. The van der Waals surface area contributed by atoms with Crippen LogP contribution in [0.5, 0.6) is 0 Å². The highest BCUT2D eigenvalue weighted by Crippen LogP contribution is 2.31. The lowest BCUT2D eigenvalue weighted by atomic mass is 10.2. The minimum Gasteiger partial charge on any atom is -0.422 e. The van der Waals surface area contributed by atoms with E-state index in [4.69, 9.17) is 20.8 Å². The van der Waals surface area contributed by atoms with Crippen molar-refractivity contribution in [2.75, 3.05) is 19.7 Å². The fraction of sp³-hybridized carbons (Fsp3) is 0.467. The van der Waals surface area contributed by atoms with E-state index >= 15 is 0 Å². The molecule has 0 amide bonds. The van der Waals surface area contributed by atoms with Crippen LogP contribution in [0.2, 0.25) is 5.02 Å². The smallest absolute Gasteiger partial charge is 0.247 e. The van der Waals surface area contributed by atoms with Gasteiger partial charge in [-0.3, -0.25) is 0 Å². The van der Waals surface area contributed by atoms with E-state index in [1.807, 2.05) is 13.8 Å². The molecule has 1 atom stereocenters. The van der Waals surface area contributed by atoms with E-state index in [1.54, 1.807) is 0 Å². The van der Waals surface area contributed by atoms with Crippen LogP contribution in [0.25, 0.3) is 0 Å². The second-order valence-corrected chi connectivity index (χ2v) is 8.19. The van der Waals surface area contributed by atoms with Gasteiger partial charge in [0.2, 0.25) is 21.8 Å². The van der Waals surface area contributed by atoms with Gasteiger partial charge in [-0.1, -0.05) is 31.5 Å². The zero-order valence-electron chi connectivity index (χ0n) is 13.6. The zero-order valence-corrected chi connectivity index (χ0v) is 15.2. The number of rotatable bonds is 4. The molecule has 0 bridgehead atoms. The van der Waals surface area contributed by atoms with Gasteiger partial charge in [0.25, 0.3) is 0 Å². The Balaban J connectivity index is 1.87. The predicted octanol–water partition coefficient (Wildman–Crippen LogP) is 2.75. The van der Waals surface area contributed by atoms with E-state index in [0.29, 0.717) is 5.89 Å². The Morgan fingerprint density at radius 1 is 1.36 bits per heavy atom.